The smallest absolute Gasteiger partial charge is 0.253 e. The van der Waals surface area contributed by atoms with Crippen LogP contribution < -0.4 is 4.72 Å². The van der Waals surface area contributed by atoms with E-state index >= 15 is 0 Å². The molecule has 0 spiro atoms. The van der Waals surface area contributed by atoms with Crippen molar-refractivity contribution in [1.82, 2.24) is 14.5 Å². The average Bonchev–Trinajstić information content (AvgIpc) is 3.25. The molecule has 0 aliphatic carbocycles. The van der Waals surface area contributed by atoms with Crippen LogP contribution in [0.1, 0.15) is 42.8 Å². The number of nitrogens with one attached hydrogen (secondary N) is 1. The minimum Gasteiger partial charge on any atom is -0.468 e. The van der Waals surface area contributed by atoms with Crippen LogP contribution in [-0.4, -0.2) is 56.3 Å². The molecule has 7 nitrogen and oxygen atoms in total. The number of rotatable bonds is 7. The lowest BCUT2D eigenvalue weighted by Gasteiger charge is -2.38. The maximum atomic E-state index is 12.8. The molecule has 1 aromatic carbocycles. The first-order valence-corrected chi connectivity index (χ1v) is 11.4. The number of carbonyl (C=O) groups is 1. The van der Waals surface area contributed by atoms with Crippen LogP contribution in [0.4, 0.5) is 0 Å². The standard InChI is InChI=1S/C21H29N3O4S/c1-16(2)24-12-10-18(11-13-24)23(3)21(25)17-6-8-20(9-7-17)29(26,27)22-15-19-5-4-14-28-19/h4-9,14,16,18,22H,10-13,15H2,1-3H3. The largest absolute Gasteiger partial charge is 0.468 e. The van der Waals surface area contributed by atoms with Gasteiger partial charge in [0.2, 0.25) is 10.0 Å². The fraction of sp³-hybridized carbons (Fsp3) is 0.476. The lowest BCUT2D eigenvalue weighted by molar-refractivity contribution is 0.0615. The van der Waals surface area contributed by atoms with E-state index in [0.29, 0.717) is 17.4 Å². The molecule has 0 saturated carbocycles. The summed E-state index contributed by atoms with van der Waals surface area (Å²) in [6.45, 7) is 6.42. The number of carbonyl (C=O) groups excluding carboxylic acids is 1. The summed E-state index contributed by atoms with van der Waals surface area (Å²) in [7, 11) is -1.85. The summed E-state index contributed by atoms with van der Waals surface area (Å²) in [5.41, 5.74) is 0.490. The highest BCUT2D eigenvalue weighted by atomic mass is 32.2. The maximum Gasteiger partial charge on any atom is 0.253 e. The van der Waals surface area contributed by atoms with Gasteiger partial charge in [0, 0.05) is 37.8 Å². The number of hydrogen-bond acceptors (Lipinski definition) is 5. The normalized spacial score (nSPS) is 16.3. The van der Waals surface area contributed by atoms with Gasteiger partial charge >= 0.3 is 0 Å². The first kappa shape index (κ1) is 21.5. The Labute approximate surface area is 172 Å². The number of nitrogens with zero attached hydrogens (tertiary/aromatic N) is 2. The van der Waals surface area contributed by atoms with E-state index < -0.39 is 10.0 Å². The van der Waals surface area contributed by atoms with Crippen LogP contribution in [0.2, 0.25) is 0 Å². The lowest BCUT2D eigenvalue weighted by atomic mass is 10.0. The van der Waals surface area contributed by atoms with E-state index in [1.807, 2.05) is 7.05 Å². The van der Waals surface area contributed by atoms with Crippen molar-refractivity contribution in [3.63, 3.8) is 0 Å². The van der Waals surface area contributed by atoms with E-state index in [1.165, 1.54) is 18.4 Å². The molecule has 1 N–H and O–H groups in total. The molecule has 1 aliphatic heterocycles. The number of benzene rings is 1. The second-order valence-electron chi connectivity index (χ2n) is 7.71. The molecule has 2 aromatic rings. The summed E-state index contributed by atoms with van der Waals surface area (Å²) in [6, 6.07) is 10.2. The van der Waals surface area contributed by atoms with Crippen molar-refractivity contribution in [2.24, 2.45) is 0 Å². The number of sulfonamides is 1. The minimum absolute atomic E-state index is 0.0772. The Bertz CT molecular complexity index is 900. The van der Waals surface area contributed by atoms with Crippen molar-refractivity contribution in [3.05, 3.63) is 54.0 Å². The minimum atomic E-state index is -3.67. The van der Waals surface area contributed by atoms with Crippen molar-refractivity contribution < 1.29 is 17.6 Å². The summed E-state index contributed by atoms with van der Waals surface area (Å²) < 4.78 is 32.5. The summed E-state index contributed by atoms with van der Waals surface area (Å²) in [4.78, 5) is 17.2. The van der Waals surface area contributed by atoms with Crippen LogP contribution >= 0.6 is 0 Å². The van der Waals surface area contributed by atoms with Gasteiger partial charge in [-0.1, -0.05) is 0 Å². The Morgan fingerprint density at radius 3 is 2.41 bits per heavy atom. The van der Waals surface area contributed by atoms with E-state index in [4.69, 9.17) is 4.42 Å². The quantitative estimate of drug-likeness (QED) is 0.746. The van der Waals surface area contributed by atoms with Gasteiger partial charge in [0.25, 0.3) is 5.91 Å². The Balaban J connectivity index is 1.61. The van der Waals surface area contributed by atoms with Crippen molar-refractivity contribution in [3.8, 4) is 0 Å². The second-order valence-corrected chi connectivity index (χ2v) is 9.47. The molecule has 29 heavy (non-hydrogen) atoms. The second kappa shape index (κ2) is 9.11. The van der Waals surface area contributed by atoms with Crippen LogP contribution in [0, 0.1) is 0 Å². The van der Waals surface area contributed by atoms with E-state index in [9.17, 15) is 13.2 Å². The summed E-state index contributed by atoms with van der Waals surface area (Å²) >= 11 is 0. The predicted octanol–water partition coefficient (Wildman–Crippen LogP) is 2.70. The number of furan rings is 1. The highest BCUT2D eigenvalue weighted by molar-refractivity contribution is 7.89. The molecule has 0 unspecified atom stereocenters. The van der Waals surface area contributed by atoms with E-state index in [-0.39, 0.29) is 23.4 Å². The van der Waals surface area contributed by atoms with Gasteiger partial charge in [0.05, 0.1) is 17.7 Å². The molecule has 8 heteroatoms. The molecule has 1 aromatic heterocycles. The molecular weight excluding hydrogens is 390 g/mol. The van der Waals surface area contributed by atoms with Gasteiger partial charge in [-0.05, 0) is 63.1 Å². The Morgan fingerprint density at radius 1 is 1.21 bits per heavy atom. The highest BCUT2D eigenvalue weighted by Crippen LogP contribution is 2.20. The summed E-state index contributed by atoms with van der Waals surface area (Å²) in [6.07, 6.45) is 3.39. The van der Waals surface area contributed by atoms with E-state index in [1.54, 1.807) is 29.2 Å². The molecule has 3 rings (SSSR count). The van der Waals surface area contributed by atoms with Gasteiger partial charge in [-0.2, -0.15) is 0 Å². The van der Waals surface area contributed by atoms with Crippen molar-refractivity contribution in [1.29, 1.82) is 0 Å². The Kier molecular flexibility index (Phi) is 6.77. The zero-order valence-corrected chi connectivity index (χ0v) is 18.0. The van der Waals surface area contributed by atoms with Crippen molar-refractivity contribution in [2.45, 2.75) is 50.2 Å². The number of amides is 1. The molecule has 1 fully saturated rings. The summed E-state index contributed by atoms with van der Waals surface area (Å²) in [5.74, 6) is 0.450. The molecule has 1 amide bonds. The Hall–Kier alpha value is -2.16. The molecule has 1 aliphatic rings. The topological polar surface area (TPSA) is 82.9 Å². The van der Waals surface area contributed by atoms with Crippen LogP contribution in [0.3, 0.4) is 0 Å². The van der Waals surface area contributed by atoms with Crippen molar-refractivity contribution in [2.75, 3.05) is 20.1 Å². The first-order valence-electron chi connectivity index (χ1n) is 9.91. The molecule has 158 valence electrons. The average molecular weight is 420 g/mol. The molecular formula is C21H29N3O4S. The fourth-order valence-electron chi connectivity index (χ4n) is 3.60. The zero-order valence-electron chi connectivity index (χ0n) is 17.2. The fourth-order valence-corrected chi connectivity index (χ4v) is 4.59. The van der Waals surface area contributed by atoms with Crippen molar-refractivity contribution >= 4 is 15.9 Å². The first-order chi connectivity index (χ1) is 13.8. The van der Waals surface area contributed by atoms with Gasteiger partial charge in [0.1, 0.15) is 5.76 Å². The highest BCUT2D eigenvalue weighted by Gasteiger charge is 2.27. The van der Waals surface area contributed by atoms with Crippen LogP contribution in [0.15, 0.2) is 52.0 Å². The number of hydrogen-bond donors (Lipinski definition) is 1. The summed E-state index contributed by atoms with van der Waals surface area (Å²) in [5, 5.41) is 0. The maximum absolute atomic E-state index is 12.8. The van der Waals surface area contributed by atoms with Gasteiger partial charge in [-0.15, -0.1) is 0 Å². The van der Waals surface area contributed by atoms with E-state index in [2.05, 4.69) is 23.5 Å². The number of piperidine rings is 1. The Morgan fingerprint density at radius 2 is 1.86 bits per heavy atom. The number of likely N-dealkylation sites (tertiary alicyclic amines) is 1. The molecule has 2 heterocycles. The molecule has 0 atom stereocenters. The monoisotopic (exact) mass is 419 g/mol. The zero-order chi connectivity index (χ0) is 21.0. The van der Waals surface area contributed by atoms with Gasteiger partial charge in [0.15, 0.2) is 0 Å². The van der Waals surface area contributed by atoms with E-state index in [0.717, 1.165) is 25.9 Å². The third kappa shape index (κ3) is 5.26. The third-order valence-corrected chi connectivity index (χ3v) is 6.94. The van der Waals surface area contributed by atoms with Crippen LogP contribution in [0.25, 0.3) is 0 Å². The van der Waals surface area contributed by atoms with Gasteiger partial charge in [-0.25, -0.2) is 13.1 Å². The third-order valence-electron chi connectivity index (χ3n) is 5.53. The van der Waals surface area contributed by atoms with Gasteiger partial charge < -0.3 is 14.2 Å². The molecule has 0 radical (unpaired) electrons. The SMILES string of the molecule is CC(C)N1CCC(N(C)C(=O)c2ccc(S(=O)(=O)NCc3ccco3)cc2)CC1. The molecule has 1 saturated heterocycles. The lowest BCUT2D eigenvalue weighted by Crippen LogP contribution is -2.47. The van der Waals surface area contributed by atoms with Crippen LogP contribution in [0.5, 0.6) is 0 Å². The molecule has 0 bridgehead atoms. The predicted molar refractivity (Wildman–Crippen MR) is 111 cm³/mol. The van der Waals surface area contributed by atoms with Gasteiger partial charge in [-0.3, -0.25) is 4.79 Å². The van der Waals surface area contributed by atoms with Crippen LogP contribution in [-0.2, 0) is 16.6 Å².